The first-order valence-electron chi connectivity index (χ1n) is 10.4. The molecule has 6 heteroatoms. The topological polar surface area (TPSA) is 64.2 Å². The highest BCUT2D eigenvalue weighted by Crippen LogP contribution is 2.32. The molecule has 1 aromatic carbocycles. The number of rotatable bonds is 3. The summed E-state index contributed by atoms with van der Waals surface area (Å²) < 4.78 is 7.40. The molecule has 2 aromatic heterocycles. The Morgan fingerprint density at radius 1 is 1.14 bits per heavy atom. The highest BCUT2D eigenvalue weighted by Gasteiger charge is 2.26. The highest BCUT2D eigenvalue weighted by molar-refractivity contribution is 5.79. The van der Waals surface area contributed by atoms with Crippen molar-refractivity contribution >= 4 is 11.0 Å². The molecule has 1 saturated heterocycles. The molecule has 0 atom stereocenters. The molecule has 0 N–H and O–H groups in total. The van der Waals surface area contributed by atoms with Crippen molar-refractivity contribution in [3.8, 4) is 0 Å². The fraction of sp³-hybridized carbons (Fsp3) is 0.500. The zero-order valence-corrected chi connectivity index (χ0v) is 16.4. The lowest BCUT2D eigenvalue weighted by Crippen LogP contribution is -2.38. The molecule has 0 unspecified atom stereocenters. The molecule has 0 aliphatic carbocycles. The van der Waals surface area contributed by atoms with Gasteiger partial charge in [0, 0.05) is 36.5 Å². The van der Waals surface area contributed by atoms with Crippen LogP contribution in [0.1, 0.15) is 54.4 Å². The van der Waals surface area contributed by atoms with Crippen LogP contribution in [0.4, 0.5) is 0 Å². The van der Waals surface area contributed by atoms with Gasteiger partial charge in [-0.3, -0.25) is 14.3 Å². The second-order valence-electron chi connectivity index (χ2n) is 8.12. The highest BCUT2D eigenvalue weighted by atomic mass is 16.5. The number of aromatic nitrogens is 3. The van der Waals surface area contributed by atoms with Crippen LogP contribution in [0.5, 0.6) is 0 Å². The fourth-order valence-corrected chi connectivity index (χ4v) is 4.70. The molecule has 2 aliphatic heterocycles. The molecule has 28 heavy (non-hydrogen) atoms. The molecule has 4 heterocycles. The van der Waals surface area contributed by atoms with Crippen LogP contribution in [0.3, 0.4) is 0 Å². The van der Waals surface area contributed by atoms with Gasteiger partial charge in [-0.2, -0.15) is 0 Å². The number of likely N-dealkylation sites (tertiary alicyclic amines) is 1. The van der Waals surface area contributed by atoms with E-state index in [-0.39, 0.29) is 5.56 Å². The summed E-state index contributed by atoms with van der Waals surface area (Å²) in [5.74, 6) is 1.39. The lowest BCUT2D eigenvalue weighted by atomic mass is 9.91. The van der Waals surface area contributed by atoms with Crippen LogP contribution >= 0.6 is 0 Å². The lowest BCUT2D eigenvalue weighted by molar-refractivity contribution is 0.200. The van der Waals surface area contributed by atoms with Gasteiger partial charge < -0.3 is 4.52 Å². The predicted molar refractivity (Wildman–Crippen MR) is 107 cm³/mol. The Morgan fingerprint density at radius 2 is 1.96 bits per heavy atom. The summed E-state index contributed by atoms with van der Waals surface area (Å²) in [6, 6.07) is 8.09. The van der Waals surface area contributed by atoms with Gasteiger partial charge in [0.05, 0.1) is 11.3 Å². The number of hydrogen-bond acceptors (Lipinski definition) is 5. The van der Waals surface area contributed by atoms with Crippen molar-refractivity contribution in [2.75, 3.05) is 13.1 Å². The van der Waals surface area contributed by atoms with Gasteiger partial charge in [0.25, 0.3) is 5.56 Å². The fourth-order valence-electron chi connectivity index (χ4n) is 4.70. The van der Waals surface area contributed by atoms with Crippen LogP contribution in [0.2, 0.25) is 0 Å². The van der Waals surface area contributed by atoms with Gasteiger partial charge in [0.1, 0.15) is 5.82 Å². The molecule has 1 fully saturated rings. The summed E-state index contributed by atoms with van der Waals surface area (Å²) >= 11 is 0. The van der Waals surface area contributed by atoms with Gasteiger partial charge >= 0.3 is 0 Å². The zero-order valence-electron chi connectivity index (χ0n) is 16.4. The van der Waals surface area contributed by atoms with Crippen molar-refractivity contribution in [1.29, 1.82) is 0 Å². The number of aryl methyl sites for hydroxylation is 2. The van der Waals surface area contributed by atoms with Gasteiger partial charge in [-0.15, -0.1) is 0 Å². The molecule has 2 aliphatic rings. The average Bonchev–Trinajstić information content (AvgIpc) is 3.16. The monoisotopic (exact) mass is 378 g/mol. The smallest absolute Gasteiger partial charge is 0.258 e. The van der Waals surface area contributed by atoms with Crippen LogP contribution in [0.25, 0.3) is 11.0 Å². The molecular formula is C22H26N4O2. The number of hydrogen-bond donors (Lipinski definition) is 0. The predicted octanol–water partition coefficient (Wildman–Crippen LogP) is 3.41. The number of nitrogens with zero attached hydrogens (tertiary/aromatic N) is 4. The van der Waals surface area contributed by atoms with Crippen LogP contribution < -0.4 is 5.56 Å². The van der Waals surface area contributed by atoms with E-state index in [0.29, 0.717) is 12.5 Å². The van der Waals surface area contributed by atoms with Crippen LogP contribution in [-0.4, -0.2) is 32.7 Å². The van der Waals surface area contributed by atoms with Crippen molar-refractivity contribution in [2.24, 2.45) is 0 Å². The van der Waals surface area contributed by atoms with Crippen molar-refractivity contribution in [1.82, 2.24) is 19.6 Å². The summed E-state index contributed by atoms with van der Waals surface area (Å²) in [6.07, 6.45) is 5.21. The number of fused-ring (bicyclic) bond motifs is 2. The van der Waals surface area contributed by atoms with Crippen molar-refractivity contribution in [2.45, 2.75) is 58.0 Å². The lowest BCUT2D eigenvalue weighted by Gasteiger charge is -2.31. The standard InChI is InChI=1S/C22H26N4O2/c1-15-18(22(27)26-11-5-4-8-20(26)23-15)14-25-12-9-16(10-13-25)21-17-6-2-3-7-19(17)28-24-21/h2-3,6-7,16H,4-5,8-14H2,1H3. The molecule has 146 valence electrons. The molecule has 5 rings (SSSR count). The summed E-state index contributed by atoms with van der Waals surface area (Å²) in [7, 11) is 0. The number of piperidine rings is 1. The second-order valence-corrected chi connectivity index (χ2v) is 8.12. The Hall–Kier alpha value is -2.47. The van der Waals surface area contributed by atoms with Crippen LogP contribution in [-0.2, 0) is 19.5 Å². The van der Waals surface area contributed by atoms with E-state index in [0.717, 1.165) is 85.5 Å². The first-order valence-corrected chi connectivity index (χ1v) is 10.4. The Bertz CT molecular complexity index is 1060. The minimum absolute atomic E-state index is 0.173. The second kappa shape index (κ2) is 7.17. The third-order valence-electron chi connectivity index (χ3n) is 6.34. The molecule has 0 bridgehead atoms. The maximum absolute atomic E-state index is 13.0. The molecule has 0 radical (unpaired) electrons. The van der Waals surface area contributed by atoms with Gasteiger partial charge in [-0.1, -0.05) is 17.3 Å². The van der Waals surface area contributed by atoms with E-state index in [4.69, 9.17) is 9.51 Å². The minimum Gasteiger partial charge on any atom is -0.356 e. The molecule has 0 saturated carbocycles. The molecule has 6 nitrogen and oxygen atoms in total. The van der Waals surface area contributed by atoms with E-state index >= 15 is 0 Å². The normalized spacial score (nSPS) is 18.5. The van der Waals surface area contributed by atoms with E-state index in [9.17, 15) is 4.79 Å². The average molecular weight is 378 g/mol. The summed E-state index contributed by atoms with van der Waals surface area (Å²) in [6.45, 7) is 5.43. The summed E-state index contributed by atoms with van der Waals surface area (Å²) in [5, 5.41) is 5.48. The van der Waals surface area contributed by atoms with Gasteiger partial charge in [0.15, 0.2) is 5.58 Å². The van der Waals surface area contributed by atoms with Crippen LogP contribution in [0, 0.1) is 6.92 Å². The van der Waals surface area contributed by atoms with Crippen LogP contribution in [0.15, 0.2) is 33.6 Å². The Labute approximate surface area is 164 Å². The SMILES string of the molecule is Cc1nc2n(c(=O)c1CN1CCC(c3noc4ccccc34)CC1)CCCC2. The van der Waals surface area contributed by atoms with Crippen molar-refractivity contribution in [3.05, 3.63) is 57.4 Å². The third kappa shape index (κ3) is 3.05. The van der Waals surface area contributed by atoms with E-state index < -0.39 is 0 Å². The van der Waals surface area contributed by atoms with Crippen molar-refractivity contribution in [3.63, 3.8) is 0 Å². The van der Waals surface area contributed by atoms with Gasteiger partial charge in [-0.05, 0) is 57.8 Å². The maximum atomic E-state index is 13.0. The van der Waals surface area contributed by atoms with Gasteiger partial charge in [0.2, 0.25) is 0 Å². The number of para-hydroxylation sites is 1. The molecule has 0 spiro atoms. The zero-order chi connectivity index (χ0) is 19.1. The van der Waals surface area contributed by atoms with E-state index in [1.165, 1.54) is 0 Å². The van der Waals surface area contributed by atoms with Gasteiger partial charge in [-0.25, -0.2) is 4.98 Å². The number of benzene rings is 1. The van der Waals surface area contributed by atoms with E-state index in [1.807, 2.05) is 29.7 Å². The first-order chi connectivity index (χ1) is 13.7. The Balaban J connectivity index is 1.31. The summed E-state index contributed by atoms with van der Waals surface area (Å²) in [4.78, 5) is 20.1. The third-order valence-corrected chi connectivity index (χ3v) is 6.34. The minimum atomic E-state index is 0.173. The maximum Gasteiger partial charge on any atom is 0.258 e. The van der Waals surface area contributed by atoms with E-state index in [1.54, 1.807) is 0 Å². The quantitative estimate of drug-likeness (QED) is 0.699. The molecular weight excluding hydrogens is 352 g/mol. The largest absolute Gasteiger partial charge is 0.356 e. The first kappa shape index (κ1) is 17.6. The molecule has 0 amide bonds. The molecule has 3 aromatic rings. The Morgan fingerprint density at radius 3 is 2.82 bits per heavy atom. The van der Waals surface area contributed by atoms with E-state index in [2.05, 4.69) is 16.1 Å². The summed E-state index contributed by atoms with van der Waals surface area (Å²) in [5.41, 5.74) is 3.90. The van der Waals surface area contributed by atoms with Crippen molar-refractivity contribution < 1.29 is 4.52 Å². The Kier molecular flexibility index (Phi) is 4.51.